The summed E-state index contributed by atoms with van der Waals surface area (Å²) in [5.74, 6) is 0.635. The maximum Gasteiger partial charge on any atom is 0.342 e. The van der Waals surface area contributed by atoms with Gasteiger partial charge in [-0.2, -0.15) is 0 Å². The molecule has 5 heteroatoms. The number of urea groups is 1. The second-order valence-corrected chi connectivity index (χ2v) is 2.30. The highest BCUT2D eigenvalue weighted by molar-refractivity contribution is 5.88. The van der Waals surface area contributed by atoms with Crippen molar-refractivity contribution in [3.63, 3.8) is 0 Å². The van der Waals surface area contributed by atoms with Crippen LogP contribution in [0.15, 0.2) is 24.3 Å². The van der Waals surface area contributed by atoms with Crippen molar-refractivity contribution >= 4 is 11.7 Å². The van der Waals surface area contributed by atoms with Crippen LogP contribution in [-0.2, 0) is 0 Å². The predicted octanol–water partition coefficient (Wildman–Crippen LogP) is 1.21. The molecule has 0 aliphatic heterocycles. The first-order valence-electron chi connectivity index (χ1n) is 3.61. The molecule has 0 fully saturated rings. The third-order valence-corrected chi connectivity index (χ3v) is 1.43. The van der Waals surface area contributed by atoms with E-state index >= 15 is 0 Å². The van der Waals surface area contributed by atoms with Gasteiger partial charge in [0.15, 0.2) is 0 Å². The minimum atomic E-state index is -0.687. The van der Waals surface area contributed by atoms with Gasteiger partial charge in [0, 0.05) is 11.8 Å². The van der Waals surface area contributed by atoms with Crippen LogP contribution in [0.4, 0.5) is 10.5 Å². The third-order valence-electron chi connectivity index (χ3n) is 1.43. The summed E-state index contributed by atoms with van der Waals surface area (Å²) in [7, 11) is 1.53. The van der Waals surface area contributed by atoms with Crippen molar-refractivity contribution in [2.24, 2.45) is 0 Å². The van der Waals surface area contributed by atoms with E-state index in [1.165, 1.54) is 12.6 Å². The van der Waals surface area contributed by atoms with Crippen LogP contribution in [0.3, 0.4) is 0 Å². The molecule has 0 aliphatic carbocycles. The summed E-state index contributed by atoms with van der Waals surface area (Å²) in [4.78, 5) is 10.7. The Morgan fingerprint density at radius 2 is 2.31 bits per heavy atom. The van der Waals surface area contributed by atoms with E-state index in [-0.39, 0.29) is 0 Å². The maximum absolute atomic E-state index is 10.7. The number of hydroxylamine groups is 1. The van der Waals surface area contributed by atoms with E-state index < -0.39 is 6.03 Å². The molecule has 0 saturated heterocycles. The number of carbonyl (C=O) groups is 1. The van der Waals surface area contributed by atoms with Crippen molar-refractivity contribution in [2.45, 2.75) is 0 Å². The standard InChI is InChI=1S/C8H10N2O3/c1-13-7-4-2-3-6(5-7)9-8(11)10-12/h2-5,12H,1H3,(H2,9,10,11). The van der Waals surface area contributed by atoms with Crippen LogP contribution in [0.1, 0.15) is 0 Å². The minimum Gasteiger partial charge on any atom is -0.497 e. The van der Waals surface area contributed by atoms with E-state index in [1.807, 2.05) is 0 Å². The monoisotopic (exact) mass is 182 g/mol. The summed E-state index contributed by atoms with van der Waals surface area (Å²) in [5.41, 5.74) is 2.01. The predicted molar refractivity (Wildman–Crippen MR) is 46.9 cm³/mol. The van der Waals surface area contributed by atoms with Gasteiger partial charge in [0.2, 0.25) is 0 Å². The molecule has 5 nitrogen and oxygen atoms in total. The Hall–Kier alpha value is -1.75. The molecular weight excluding hydrogens is 172 g/mol. The quantitative estimate of drug-likeness (QED) is 0.475. The Bertz CT molecular complexity index is 301. The molecule has 0 spiro atoms. The number of nitrogens with one attached hydrogen (secondary N) is 2. The van der Waals surface area contributed by atoms with Crippen LogP contribution in [0.25, 0.3) is 0 Å². The first-order chi connectivity index (χ1) is 6.26. The zero-order chi connectivity index (χ0) is 9.68. The number of ether oxygens (including phenoxy) is 1. The van der Waals surface area contributed by atoms with Gasteiger partial charge >= 0.3 is 6.03 Å². The molecule has 0 bridgehead atoms. The number of benzene rings is 1. The summed E-state index contributed by atoms with van der Waals surface area (Å²) < 4.78 is 4.94. The average Bonchev–Trinajstić information content (AvgIpc) is 2.18. The average molecular weight is 182 g/mol. The van der Waals surface area contributed by atoms with Crippen LogP contribution < -0.4 is 15.5 Å². The van der Waals surface area contributed by atoms with E-state index in [2.05, 4.69) is 5.32 Å². The molecule has 2 amide bonds. The number of hydrogen-bond acceptors (Lipinski definition) is 3. The lowest BCUT2D eigenvalue weighted by atomic mass is 10.3. The molecule has 3 N–H and O–H groups in total. The fraction of sp³-hybridized carbons (Fsp3) is 0.125. The Balaban J connectivity index is 2.71. The van der Waals surface area contributed by atoms with Gasteiger partial charge in [-0.3, -0.25) is 5.21 Å². The van der Waals surface area contributed by atoms with Crippen LogP contribution in [0.5, 0.6) is 5.75 Å². The number of methoxy groups -OCH3 is 1. The van der Waals surface area contributed by atoms with Crippen molar-refractivity contribution in [1.82, 2.24) is 5.48 Å². The Kier molecular flexibility index (Phi) is 3.10. The lowest BCUT2D eigenvalue weighted by Crippen LogP contribution is -2.24. The normalized spacial score (nSPS) is 9.08. The topological polar surface area (TPSA) is 70.6 Å². The molecule has 0 heterocycles. The fourth-order valence-corrected chi connectivity index (χ4v) is 0.860. The van der Waals surface area contributed by atoms with Crippen molar-refractivity contribution in [1.29, 1.82) is 0 Å². The summed E-state index contributed by atoms with van der Waals surface area (Å²) in [6.45, 7) is 0. The van der Waals surface area contributed by atoms with Gasteiger partial charge in [-0.25, -0.2) is 10.3 Å². The first-order valence-corrected chi connectivity index (χ1v) is 3.61. The molecular formula is C8H10N2O3. The number of rotatable bonds is 2. The van der Waals surface area contributed by atoms with Gasteiger partial charge in [0.1, 0.15) is 5.75 Å². The van der Waals surface area contributed by atoms with E-state index in [0.29, 0.717) is 11.4 Å². The maximum atomic E-state index is 10.7. The second kappa shape index (κ2) is 4.32. The molecule has 13 heavy (non-hydrogen) atoms. The zero-order valence-corrected chi connectivity index (χ0v) is 7.07. The van der Waals surface area contributed by atoms with E-state index in [0.717, 1.165) is 0 Å². The fourth-order valence-electron chi connectivity index (χ4n) is 0.860. The van der Waals surface area contributed by atoms with E-state index in [1.54, 1.807) is 24.3 Å². The van der Waals surface area contributed by atoms with Crippen LogP contribution in [0, 0.1) is 0 Å². The molecule has 1 aromatic rings. The molecule has 0 unspecified atom stereocenters. The SMILES string of the molecule is COc1cccc(NC(=O)NO)c1. The molecule has 0 radical (unpaired) electrons. The van der Waals surface area contributed by atoms with Gasteiger partial charge in [0.05, 0.1) is 7.11 Å². The van der Waals surface area contributed by atoms with E-state index in [4.69, 9.17) is 9.94 Å². The molecule has 0 atom stereocenters. The van der Waals surface area contributed by atoms with Crippen molar-refractivity contribution in [3.05, 3.63) is 24.3 Å². The van der Waals surface area contributed by atoms with Gasteiger partial charge < -0.3 is 10.1 Å². The zero-order valence-electron chi connectivity index (χ0n) is 7.07. The number of anilines is 1. The third kappa shape index (κ3) is 2.64. The van der Waals surface area contributed by atoms with Gasteiger partial charge in [0.25, 0.3) is 0 Å². The smallest absolute Gasteiger partial charge is 0.342 e. The highest BCUT2D eigenvalue weighted by Crippen LogP contribution is 2.16. The molecule has 0 aliphatic rings. The number of carbonyl (C=O) groups excluding carboxylic acids is 1. The van der Waals surface area contributed by atoms with Gasteiger partial charge in [-0.05, 0) is 12.1 Å². The first kappa shape index (κ1) is 9.34. The number of amides is 2. The molecule has 0 saturated carbocycles. The second-order valence-electron chi connectivity index (χ2n) is 2.30. The van der Waals surface area contributed by atoms with Crippen LogP contribution >= 0.6 is 0 Å². The van der Waals surface area contributed by atoms with E-state index in [9.17, 15) is 4.79 Å². The summed E-state index contributed by atoms with van der Waals surface area (Å²) in [6.07, 6.45) is 0. The Labute approximate surface area is 75.3 Å². The highest BCUT2D eigenvalue weighted by atomic mass is 16.5. The van der Waals surface area contributed by atoms with Crippen molar-refractivity contribution in [3.8, 4) is 5.75 Å². The Morgan fingerprint density at radius 1 is 1.54 bits per heavy atom. The molecule has 70 valence electrons. The van der Waals surface area contributed by atoms with Gasteiger partial charge in [-0.15, -0.1) is 0 Å². The minimum absolute atomic E-state index is 0.547. The summed E-state index contributed by atoms with van der Waals surface area (Å²) in [6, 6.07) is 6.11. The Morgan fingerprint density at radius 3 is 2.92 bits per heavy atom. The lowest BCUT2D eigenvalue weighted by molar-refractivity contribution is 0.172. The van der Waals surface area contributed by atoms with Gasteiger partial charge in [-0.1, -0.05) is 6.07 Å². The molecule has 1 rings (SSSR count). The molecule has 1 aromatic carbocycles. The highest BCUT2D eigenvalue weighted by Gasteiger charge is 1.99. The van der Waals surface area contributed by atoms with Crippen molar-refractivity contribution in [2.75, 3.05) is 12.4 Å². The van der Waals surface area contributed by atoms with Crippen LogP contribution in [-0.4, -0.2) is 18.3 Å². The summed E-state index contributed by atoms with van der Waals surface area (Å²) in [5, 5.41) is 10.6. The number of hydrogen-bond donors (Lipinski definition) is 3. The van der Waals surface area contributed by atoms with Crippen molar-refractivity contribution < 1.29 is 14.7 Å². The van der Waals surface area contributed by atoms with Crippen LogP contribution in [0.2, 0.25) is 0 Å². The largest absolute Gasteiger partial charge is 0.497 e. The lowest BCUT2D eigenvalue weighted by Gasteiger charge is -2.04. The summed E-state index contributed by atoms with van der Waals surface area (Å²) >= 11 is 0. The molecule has 0 aromatic heterocycles.